The molecule has 148 valence electrons. The minimum absolute atomic E-state index is 0.00134. The average molecular weight is 370 g/mol. The van der Waals surface area contributed by atoms with Crippen molar-refractivity contribution in [2.24, 2.45) is 11.3 Å². The average Bonchev–Trinajstić information content (AvgIpc) is 2.88. The number of hydrogen-bond acceptors (Lipinski definition) is 4. The van der Waals surface area contributed by atoms with Crippen LogP contribution in [0.1, 0.15) is 71.6 Å². The Hall–Kier alpha value is -1.56. The molecule has 2 unspecified atom stereocenters. The van der Waals surface area contributed by atoms with E-state index in [9.17, 15) is 23.9 Å². The fourth-order valence-electron chi connectivity index (χ4n) is 3.84. The first-order valence-electron chi connectivity index (χ1n) is 9.50. The van der Waals surface area contributed by atoms with Crippen LogP contribution in [0.3, 0.4) is 0 Å². The fraction of sp³-hybridized carbons (Fsp3) is 0.750. The van der Waals surface area contributed by atoms with Crippen LogP contribution in [0.2, 0.25) is 0 Å². The Morgan fingerprint density at radius 2 is 2.08 bits per heavy atom. The van der Waals surface area contributed by atoms with Crippen LogP contribution in [0.25, 0.3) is 0 Å². The molecule has 1 rings (SSSR count). The summed E-state index contributed by atoms with van der Waals surface area (Å²) in [6.07, 6.45) is 3.76. The lowest BCUT2D eigenvalue weighted by Gasteiger charge is -2.34. The van der Waals surface area contributed by atoms with E-state index in [-0.39, 0.29) is 43.8 Å². The molecular weight excluding hydrogens is 339 g/mol. The van der Waals surface area contributed by atoms with E-state index in [1.165, 1.54) is 6.08 Å². The summed E-state index contributed by atoms with van der Waals surface area (Å²) >= 11 is 0. The minimum Gasteiger partial charge on any atom is -0.478 e. The van der Waals surface area contributed by atoms with Crippen molar-refractivity contribution < 1.29 is 29.0 Å². The maximum atomic E-state index is 13.9. The molecule has 1 fully saturated rings. The summed E-state index contributed by atoms with van der Waals surface area (Å²) in [6, 6.07) is 0. The van der Waals surface area contributed by atoms with Crippen molar-refractivity contribution in [2.45, 2.75) is 83.9 Å². The highest BCUT2D eigenvalue weighted by Gasteiger charge is 2.49. The Balaban J connectivity index is 2.73. The molecule has 0 aromatic heterocycles. The lowest BCUT2D eigenvalue weighted by molar-refractivity contribution is -0.132. The van der Waals surface area contributed by atoms with Crippen LogP contribution in [-0.4, -0.2) is 40.0 Å². The van der Waals surface area contributed by atoms with Crippen LogP contribution in [0.5, 0.6) is 0 Å². The summed E-state index contributed by atoms with van der Waals surface area (Å²) in [5.41, 5.74) is -0.823. The molecule has 0 spiro atoms. The number of aliphatic hydroxyl groups is 1. The van der Waals surface area contributed by atoms with Gasteiger partial charge < -0.3 is 10.2 Å². The van der Waals surface area contributed by atoms with Gasteiger partial charge in [0.15, 0.2) is 12.0 Å². The maximum Gasteiger partial charge on any atom is 0.327 e. The zero-order valence-corrected chi connectivity index (χ0v) is 15.7. The number of aliphatic hydroxyl groups excluding tert-OH is 1. The zero-order valence-electron chi connectivity index (χ0n) is 15.7. The quantitative estimate of drug-likeness (QED) is 0.512. The highest BCUT2D eigenvalue weighted by atomic mass is 19.1. The predicted molar refractivity (Wildman–Crippen MR) is 96.5 cm³/mol. The molecular formula is C20H31FO5. The van der Waals surface area contributed by atoms with Gasteiger partial charge in [-0.05, 0) is 38.0 Å². The number of alkyl halides is 1. The molecule has 0 bridgehead atoms. The summed E-state index contributed by atoms with van der Waals surface area (Å²) in [5, 5.41) is 18.6. The molecule has 0 saturated heterocycles. The van der Waals surface area contributed by atoms with Gasteiger partial charge in [0, 0.05) is 24.3 Å². The van der Waals surface area contributed by atoms with Crippen LogP contribution >= 0.6 is 0 Å². The van der Waals surface area contributed by atoms with Gasteiger partial charge in [0.1, 0.15) is 5.78 Å². The largest absolute Gasteiger partial charge is 0.478 e. The van der Waals surface area contributed by atoms with E-state index >= 15 is 0 Å². The number of Topliss-reactive ketones (excluding diaryl/α,β-unsaturated/α-hetero) is 2. The molecule has 0 amide bonds. The second-order valence-electron chi connectivity index (χ2n) is 7.44. The zero-order chi connectivity index (χ0) is 19.7. The van der Waals surface area contributed by atoms with Gasteiger partial charge in [-0.15, -0.1) is 0 Å². The van der Waals surface area contributed by atoms with E-state index in [4.69, 9.17) is 5.11 Å². The van der Waals surface area contributed by atoms with Gasteiger partial charge in [0.2, 0.25) is 0 Å². The molecule has 0 aromatic rings. The predicted octanol–water partition coefficient (Wildman–Crippen LogP) is 3.63. The first-order valence-corrected chi connectivity index (χ1v) is 9.50. The number of carboxylic acid groups (broad SMARTS) is 1. The molecule has 2 N–H and O–H groups in total. The third-order valence-electron chi connectivity index (χ3n) is 5.52. The molecule has 1 aliphatic carbocycles. The molecule has 1 aliphatic rings. The van der Waals surface area contributed by atoms with Crippen molar-refractivity contribution >= 4 is 17.5 Å². The molecule has 5 nitrogen and oxygen atoms in total. The minimum atomic E-state index is -1.48. The second kappa shape index (κ2) is 10.6. The van der Waals surface area contributed by atoms with Gasteiger partial charge in [-0.25, -0.2) is 9.18 Å². The number of rotatable bonds is 12. The van der Waals surface area contributed by atoms with E-state index in [0.717, 1.165) is 12.5 Å². The van der Waals surface area contributed by atoms with Gasteiger partial charge in [-0.2, -0.15) is 0 Å². The van der Waals surface area contributed by atoms with Crippen LogP contribution in [0, 0.1) is 11.3 Å². The van der Waals surface area contributed by atoms with Crippen LogP contribution in [0.4, 0.5) is 4.39 Å². The Bertz CT molecular complexity index is 530. The van der Waals surface area contributed by atoms with Gasteiger partial charge in [-0.3, -0.25) is 9.59 Å². The fourth-order valence-corrected chi connectivity index (χ4v) is 3.84. The second-order valence-corrected chi connectivity index (χ2v) is 7.44. The number of allylic oxidation sites excluding steroid dienone is 1. The van der Waals surface area contributed by atoms with E-state index in [1.54, 1.807) is 0 Å². The van der Waals surface area contributed by atoms with Crippen molar-refractivity contribution in [1.29, 1.82) is 0 Å². The molecule has 0 heterocycles. The third-order valence-corrected chi connectivity index (χ3v) is 5.52. The van der Waals surface area contributed by atoms with E-state index in [2.05, 4.69) is 0 Å². The van der Waals surface area contributed by atoms with Crippen LogP contribution in [-0.2, 0) is 14.4 Å². The molecule has 0 aromatic carbocycles. The van der Waals surface area contributed by atoms with Gasteiger partial charge in [0.05, 0.1) is 6.10 Å². The topological polar surface area (TPSA) is 91.7 Å². The Morgan fingerprint density at radius 1 is 1.38 bits per heavy atom. The molecule has 4 atom stereocenters. The SMILES string of the molecule is CCCC[C@H](F)C(=O)CCC1([C@@H](C)CC/C=C\C(=O)O)CC(O)CC1=O. The molecule has 0 aliphatic heterocycles. The lowest BCUT2D eigenvalue weighted by atomic mass is 9.68. The number of halogens is 1. The number of carbonyl (C=O) groups excluding carboxylic acids is 2. The number of ketones is 2. The smallest absolute Gasteiger partial charge is 0.327 e. The standard InChI is InChI=1S/C20H31FO5/c1-3-4-8-16(21)17(23)10-11-20(13-15(22)12-18(20)24)14(2)7-5-6-9-19(25)26/h6,9,14-16,22H,3-5,7-8,10-13H2,1-2H3,(H,25,26)/b9-6-/t14-,15?,16-,20?/m0/s1. The van der Waals surface area contributed by atoms with Gasteiger partial charge in [0.25, 0.3) is 0 Å². The summed E-state index contributed by atoms with van der Waals surface area (Å²) in [5.74, 6) is -1.68. The maximum absolute atomic E-state index is 13.9. The van der Waals surface area contributed by atoms with Crippen LogP contribution in [0.15, 0.2) is 12.2 Å². The monoisotopic (exact) mass is 370 g/mol. The third kappa shape index (κ3) is 6.31. The molecule has 26 heavy (non-hydrogen) atoms. The lowest BCUT2D eigenvalue weighted by Crippen LogP contribution is -2.35. The summed E-state index contributed by atoms with van der Waals surface area (Å²) < 4.78 is 13.9. The summed E-state index contributed by atoms with van der Waals surface area (Å²) in [4.78, 5) is 35.2. The Morgan fingerprint density at radius 3 is 2.62 bits per heavy atom. The number of aliphatic carboxylic acids is 1. The van der Waals surface area contributed by atoms with Crippen molar-refractivity contribution in [3.63, 3.8) is 0 Å². The number of carboxylic acids is 1. The molecule has 1 saturated carbocycles. The first kappa shape index (κ1) is 22.5. The van der Waals surface area contributed by atoms with Crippen molar-refractivity contribution in [2.75, 3.05) is 0 Å². The van der Waals surface area contributed by atoms with Gasteiger partial charge >= 0.3 is 5.97 Å². The Kier molecular flexibility index (Phi) is 9.13. The van der Waals surface area contributed by atoms with Crippen molar-refractivity contribution in [1.82, 2.24) is 0 Å². The number of hydrogen-bond donors (Lipinski definition) is 2. The van der Waals surface area contributed by atoms with Crippen molar-refractivity contribution in [3.8, 4) is 0 Å². The number of unbranched alkanes of at least 4 members (excludes halogenated alkanes) is 1. The van der Waals surface area contributed by atoms with Crippen LogP contribution < -0.4 is 0 Å². The molecule has 0 radical (unpaired) electrons. The van der Waals surface area contributed by atoms with Crippen molar-refractivity contribution in [3.05, 3.63) is 12.2 Å². The Labute approximate surface area is 154 Å². The molecule has 6 heteroatoms. The summed E-state index contributed by atoms with van der Waals surface area (Å²) in [7, 11) is 0. The normalized spacial score (nSPS) is 25.5. The van der Waals surface area contributed by atoms with E-state index < -0.39 is 29.4 Å². The van der Waals surface area contributed by atoms with Gasteiger partial charge in [-0.1, -0.05) is 32.8 Å². The van der Waals surface area contributed by atoms with E-state index in [1.807, 2.05) is 13.8 Å². The van der Waals surface area contributed by atoms with E-state index in [0.29, 0.717) is 19.3 Å². The highest BCUT2D eigenvalue weighted by Crippen LogP contribution is 2.47. The first-order chi connectivity index (χ1) is 12.2. The number of carbonyl (C=O) groups is 3. The summed E-state index contributed by atoms with van der Waals surface area (Å²) in [6.45, 7) is 3.82. The highest BCUT2D eigenvalue weighted by molar-refractivity contribution is 5.89.